The summed E-state index contributed by atoms with van der Waals surface area (Å²) in [5.41, 5.74) is -0.143. The predicted molar refractivity (Wildman–Crippen MR) is 103 cm³/mol. The van der Waals surface area contributed by atoms with Crippen molar-refractivity contribution in [2.24, 2.45) is 5.92 Å². The zero-order valence-electron chi connectivity index (χ0n) is 16.7. The molecule has 1 saturated heterocycles. The third-order valence-corrected chi connectivity index (χ3v) is 5.54. The number of aromatic nitrogens is 5. The van der Waals surface area contributed by atoms with Gasteiger partial charge in [0.1, 0.15) is 17.7 Å². The first-order valence-electron chi connectivity index (χ1n) is 9.87. The van der Waals surface area contributed by atoms with Crippen LogP contribution in [0.5, 0.6) is 0 Å². The van der Waals surface area contributed by atoms with E-state index in [-0.39, 0.29) is 23.6 Å². The summed E-state index contributed by atoms with van der Waals surface area (Å²) in [4.78, 5) is 31.0. The first-order chi connectivity index (χ1) is 12.9. The summed E-state index contributed by atoms with van der Waals surface area (Å²) in [6.45, 7) is 10.2. The maximum atomic E-state index is 13.0. The molecule has 148 valence electrons. The second-order valence-corrected chi connectivity index (χ2v) is 7.69. The fourth-order valence-corrected chi connectivity index (χ4v) is 3.93. The first kappa shape index (κ1) is 19.4. The van der Waals surface area contributed by atoms with Crippen LogP contribution in [0.25, 0.3) is 0 Å². The second-order valence-electron chi connectivity index (χ2n) is 7.69. The van der Waals surface area contributed by atoms with Gasteiger partial charge in [-0.15, -0.1) is 0 Å². The van der Waals surface area contributed by atoms with Crippen molar-refractivity contribution in [1.29, 1.82) is 0 Å². The van der Waals surface area contributed by atoms with Crippen molar-refractivity contribution < 1.29 is 4.79 Å². The smallest absolute Gasteiger partial charge is 0.341 e. The van der Waals surface area contributed by atoms with Crippen LogP contribution >= 0.6 is 0 Å². The molecule has 0 bridgehead atoms. The topological polar surface area (TPSA) is 88.8 Å². The molecule has 1 unspecified atom stereocenters. The van der Waals surface area contributed by atoms with Crippen molar-refractivity contribution >= 4 is 5.91 Å². The number of hydrogen-bond acceptors (Lipinski definition) is 4. The predicted octanol–water partition coefficient (Wildman–Crippen LogP) is 1.95. The monoisotopic (exact) mass is 374 g/mol. The van der Waals surface area contributed by atoms with E-state index in [1.54, 1.807) is 10.8 Å². The molecule has 8 nitrogen and oxygen atoms in total. The molecule has 1 aliphatic rings. The third kappa shape index (κ3) is 3.99. The molecule has 1 N–H and O–H groups in total. The van der Waals surface area contributed by atoms with Crippen molar-refractivity contribution in [3.63, 3.8) is 0 Å². The Bertz CT molecular complexity index is 825. The van der Waals surface area contributed by atoms with E-state index in [2.05, 4.69) is 29.0 Å². The highest BCUT2D eigenvalue weighted by Gasteiger charge is 2.28. The van der Waals surface area contributed by atoms with Crippen LogP contribution in [0, 0.1) is 5.92 Å². The van der Waals surface area contributed by atoms with E-state index in [4.69, 9.17) is 0 Å². The van der Waals surface area contributed by atoms with E-state index in [1.165, 1.54) is 0 Å². The molecule has 0 aliphatic carbocycles. The van der Waals surface area contributed by atoms with Gasteiger partial charge in [-0.1, -0.05) is 13.8 Å². The zero-order valence-corrected chi connectivity index (χ0v) is 16.7. The van der Waals surface area contributed by atoms with Gasteiger partial charge >= 0.3 is 5.69 Å². The lowest BCUT2D eigenvalue weighted by Crippen LogP contribution is -2.42. The second kappa shape index (κ2) is 8.10. The molecule has 3 rings (SSSR count). The van der Waals surface area contributed by atoms with Crippen LogP contribution in [0.2, 0.25) is 0 Å². The molecule has 2 aromatic heterocycles. The van der Waals surface area contributed by atoms with Crippen LogP contribution in [0.1, 0.15) is 64.1 Å². The van der Waals surface area contributed by atoms with E-state index < -0.39 is 0 Å². The molecule has 0 radical (unpaired) electrons. The van der Waals surface area contributed by atoms with Crippen LogP contribution in [-0.2, 0) is 17.8 Å². The molecule has 3 heterocycles. The Morgan fingerprint density at radius 1 is 1.30 bits per heavy atom. The minimum Gasteiger partial charge on any atom is -0.341 e. The summed E-state index contributed by atoms with van der Waals surface area (Å²) in [5.74, 6) is 2.65. The average molecular weight is 374 g/mol. The fraction of sp³-hybridized carbons (Fsp3) is 0.684. The number of amides is 1. The van der Waals surface area contributed by atoms with Gasteiger partial charge in [-0.2, -0.15) is 5.10 Å². The molecule has 0 saturated carbocycles. The molecular weight excluding hydrogens is 344 g/mol. The molecular formula is C19H30N6O2. The summed E-state index contributed by atoms with van der Waals surface area (Å²) in [6.07, 6.45) is 6.31. The van der Waals surface area contributed by atoms with Crippen molar-refractivity contribution in [1.82, 2.24) is 29.2 Å². The quantitative estimate of drug-likeness (QED) is 0.837. The maximum Gasteiger partial charge on any atom is 0.343 e. The number of carbonyl (C=O) groups excluding carboxylic acids is 1. The number of rotatable bonds is 6. The maximum absolute atomic E-state index is 13.0. The van der Waals surface area contributed by atoms with Gasteiger partial charge in [0.2, 0.25) is 5.91 Å². The summed E-state index contributed by atoms with van der Waals surface area (Å²) >= 11 is 0. The Kier molecular flexibility index (Phi) is 5.82. The van der Waals surface area contributed by atoms with Gasteiger partial charge < -0.3 is 9.47 Å². The normalized spacial score (nSPS) is 16.9. The SMILES string of the molecule is CCn1c(CC2CCN(C(=O)C(C)n3ccnc3C(C)C)CC2)n[nH]c1=O. The number of piperidine rings is 1. The van der Waals surface area contributed by atoms with E-state index in [0.717, 1.165) is 44.0 Å². The van der Waals surface area contributed by atoms with Gasteiger partial charge in [0.15, 0.2) is 0 Å². The van der Waals surface area contributed by atoms with Crippen LogP contribution in [0.3, 0.4) is 0 Å². The van der Waals surface area contributed by atoms with Gasteiger partial charge in [0, 0.05) is 44.4 Å². The van der Waals surface area contributed by atoms with Gasteiger partial charge in [-0.05, 0) is 32.6 Å². The molecule has 1 fully saturated rings. The summed E-state index contributed by atoms with van der Waals surface area (Å²) in [7, 11) is 0. The zero-order chi connectivity index (χ0) is 19.6. The minimum absolute atomic E-state index is 0.143. The van der Waals surface area contributed by atoms with Gasteiger partial charge in [0.25, 0.3) is 0 Å². The van der Waals surface area contributed by atoms with Crippen molar-refractivity contribution in [3.8, 4) is 0 Å². The molecule has 1 amide bonds. The third-order valence-electron chi connectivity index (χ3n) is 5.54. The highest BCUT2D eigenvalue weighted by molar-refractivity contribution is 5.80. The molecule has 0 aromatic carbocycles. The number of carbonyl (C=O) groups is 1. The Morgan fingerprint density at radius 2 is 2.00 bits per heavy atom. The van der Waals surface area contributed by atoms with Crippen molar-refractivity contribution in [2.75, 3.05) is 13.1 Å². The fourth-order valence-electron chi connectivity index (χ4n) is 3.93. The minimum atomic E-state index is -0.238. The molecule has 2 aromatic rings. The van der Waals surface area contributed by atoms with E-state index >= 15 is 0 Å². The molecule has 0 spiro atoms. The molecule has 1 aliphatic heterocycles. The summed E-state index contributed by atoms with van der Waals surface area (Å²) < 4.78 is 3.68. The highest BCUT2D eigenvalue weighted by Crippen LogP contribution is 2.24. The summed E-state index contributed by atoms with van der Waals surface area (Å²) in [6, 6.07) is -0.238. The van der Waals surface area contributed by atoms with Crippen molar-refractivity contribution in [2.45, 2.75) is 65.5 Å². The number of nitrogens with zero attached hydrogens (tertiary/aromatic N) is 5. The van der Waals surface area contributed by atoms with Crippen molar-refractivity contribution in [3.05, 3.63) is 34.5 Å². The average Bonchev–Trinajstić information content (AvgIpc) is 3.28. The standard InChI is InChI=1S/C19H30N6O2/c1-5-24-16(21-22-19(24)27)12-15-6-9-23(10-7-15)18(26)14(4)25-11-8-20-17(25)13(2)3/h8,11,13-15H,5-7,9-10,12H2,1-4H3,(H,22,27). The van der Waals surface area contributed by atoms with Crippen LogP contribution in [0.4, 0.5) is 0 Å². The number of nitrogens with one attached hydrogen (secondary N) is 1. The van der Waals surface area contributed by atoms with Crippen LogP contribution in [-0.4, -0.2) is 48.2 Å². The lowest BCUT2D eigenvalue weighted by molar-refractivity contribution is -0.135. The van der Waals surface area contributed by atoms with Gasteiger partial charge in [-0.3, -0.25) is 9.36 Å². The van der Waals surface area contributed by atoms with E-state index in [1.807, 2.05) is 29.5 Å². The van der Waals surface area contributed by atoms with Gasteiger partial charge in [-0.25, -0.2) is 14.9 Å². The Morgan fingerprint density at radius 3 is 2.63 bits per heavy atom. The Labute approximate surface area is 159 Å². The van der Waals surface area contributed by atoms with Crippen LogP contribution in [0.15, 0.2) is 17.2 Å². The molecule has 27 heavy (non-hydrogen) atoms. The lowest BCUT2D eigenvalue weighted by Gasteiger charge is -2.34. The van der Waals surface area contributed by atoms with Gasteiger partial charge in [0.05, 0.1) is 0 Å². The highest BCUT2D eigenvalue weighted by atomic mass is 16.2. The number of aromatic amines is 1. The number of H-pyrrole nitrogens is 1. The van der Waals surface area contributed by atoms with E-state index in [9.17, 15) is 9.59 Å². The van der Waals surface area contributed by atoms with Crippen LogP contribution < -0.4 is 5.69 Å². The number of hydrogen-bond donors (Lipinski definition) is 1. The lowest BCUT2D eigenvalue weighted by atomic mass is 9.93. The molecule has 1 atom stereocenters. The Balaban J connectivity index is 1.59. The number of likely N-dealkylation sites (tertiary alicyclic amines) is 1. The summed E-state index contributed by atoms with van der Waals surface area (Å²) in [5, 5.41) is 6.69. The Hall–Kier alpha value is -2.38. The first-order valence-corrected chi connectivity index (χ1v) is 9.87. The largest absolute Gasteiger partial charge is 0.343 e. The number of imidazole rings is 1. The molecule has 8 heteroatoms. The van der Waals surface area contributed by atoms with E-state index in [0.29, 0.717) is 12.5 Å².